The first-order valence-electron chi connectivity index (χ1n) is 10.8. The van der Waals surface area contributed by atoms with Crippen LogP contribution in [0.3, 0.4) is 0 Å². The molecule has 186 valence electrons. The zero-order valence-corrected chi connectivity index (χ0v) is 22.3. The van der Waals surface area contributed by atoms with E-state index >= 15 is 0 Å². The van der Waals surface area contributed by atoms with Crippen molar-refractivity contribution in [2.45, 2.75) is 45.7 Å². The zero-order chi connectivity index (χ0) is 25.7. The lowest BCUT2D eigenvalue weighted by Crippen LogP contribution is -2.55. The van der Waals surface area contributed by atoms with Gasteiger partial charge < -0.3 is 10.2 Å². The fourth-order valence-electron chi connectivity index (χ4n) is 3.30. The minimum atomic E-state index is -3.83. The van der Waals surface area contributed by atoms with Gasteiger partial charge in [-0.25, -0.2) is 8.42 Å². The summed E-state index contributed by atoms with van der Waals surface area (Å²) in [6.07, 6.45) is 1.51. The van der Waals surface area contributed by atoms with Crippen LogP contribution in [0, 0.1) is 0 Å². The predicted molar refractivity (Wildman–Crippen MR) is 138 cm³/mol. The van der Waals surface area contributed by atoms with E-state index < -0.39 is 34.1 Å². The lowest BCUT2D eigenvalue weighted by Gasteiger charge is -2.33. The molecule has 0 aliphatic heterocycles. The molecule has 0 bridgehead atoms. The Morgan fingerprint density at radius 3 is 2.18 bits per heavy atom. The number of hydrogen-bond donors (Lipinski definition) is 1. The first kappa shape index (κ1) is 28.0. The molecule has 0 radical (unpaired) electrons. The van der Waals surface area contributed by atoms with E-state index in [1.807, 2.05) is 51.1 Å². The van der Waals surface area contributed by atoms with Crippen LogP contribution < -0.4 is 9.62 Å². The van der Waals surface area contributed by atoms with Gasteiger partial charge in [0.05, 0.1) is 22.0 Å². The molecule has 1 atom stereocenters. The number of anilines is 1. The van der Waals surface area contributed by atoms with E-state index in [9.17, 15) is 18.0 Å². The molecular weight excluding hydrogens is 497 g/mol. The van der Waals surface area contributed by atoms with Crippen molar-refractivity contribution in [3.63, 3.8) is 0 Å². The molecule has 34 heavy (non-hydrogen) atoms. The number of nitrogens with zero attached hydrogens (tertiary/aromatic N) is 2. The Hall–Kier alpha value is -2.29. The van der Waals surface area contributed by atoms with Crippen LogP contribution in [-0.4, -0.2) is 56.1 Å². The first-order chi connectivity index (χ1) is 15.7. The predicted octanol–water partition coefficient (Wildman–Crippen LogP) is 4.13. The maximum Gasteiger partial charge on any atom is 0.244 e. The molecule has 0 aliphatic rings. The number of carbonyl (C=O) groups excluding carboxylic acids is 2. The molecular formula is C24H31Cl2N3O4S. The molecule has 1 N–H and O–H groups in total. The first-order valence-corrected chi connectivity index (χ1v) is 13.4. The minimum absolute atomic E-state index is 0.166. The number of halogens is 2. The van der Waals surface area contributed by atoms with Gasteiger partial charge in [-0.15, -0.1) is 0 Å². The van der Waals surface area contributed by atoms with E-state index in [0.29, 0.717) is 6.42 Å². The average molecular weight is 529 g/mol. The van der Waals surface area contributed by atoms with E-state index in [0.717, 1.165) is 16.1 Å². The Morgan fingerprint density at radius 2 is 1.65 bits per heavy atom. The summed E-state index contributed by atoms with van der Waals surface area (Å²) >= 11 is 12.0. The molecule has 7 nitrogen and oxygen atoms in total. The van der Waals surface area contributed by atoms with Crippen molar-refractivity contribution in [2.24, 2.45) is 0 Å². The summed E-state index contributed by atoms with van der Waals surface area (Å²) in [7, 11) is -3.83. The third kappa shape index (κ3) is 8.18. The van der Waals surface area contributed by atoms with Crippen LogP contribution in [0.2, 0.25) is 10.0 Å². The van der Waals surface area contributed by atoms with Crippen LogP contribution in [0.5, 0.6) is 0 Å². The molecule has 0 saturated heterocycles. The van der Waals surface area contributed by atoms with Crippen molar-refractivity contribution in [1.82, 2.24) is 10.2 Å². The molecule has 0 fully saturated rings. The fraction of sp³-hybridized carbons (Fsp3) is 0.417. The van der Waals surface area contributed by atoms with E-state index in [4.69, 9.17) is 23.2 Å². The van der Waals surface area contributed by atoms with Crippen molar-refractivity contribution in [3.05, 3.63) is 64.1 Å². The highest BCUT2D eigenvalue weighted by Crippen LogP contribution is 2.28. The standard InChI is InChI=1S/C24H31Cl2N3O4S/c1-17(23(31)27-24(2,3)4)28(14-13-18-9-7-6-8-10-18)22(30)16-29(34(5,32)33)19-11-12-20(25)21(26)15-19/h6-12,15,17H,13-14,16H2,1-5H3,(H,27,31)/t17-/m1/s1. The number of carbonyl (C=O) groups is 2. The number of rotatable bonds is 9. The van der Waals surface area contributed by atoms with Gasteiger partial charge in [-0.1, -0.05) is 53.5 Å². The van der Waals surface area contributed by atoms with Crippen molar-refractivity contribution >= 4 is 50.7 Å². The molecule has 2 amide bonds. The summed E-state index contributed by atoms with van der Waals surface area (Å²) < 4.78 is 26.1. The van der Waals surface area contributed by atoms with Gasteiger partial charge in [0, 0.05) is 12.1 Å². The second-order valence-electron chi connectivity index (χ2n) is 9.11. The molecule has 10 heteroatoms. The second kappa shape index (κ2) is 11.4. The van der Waals surface area contributed by atoms with Crippen molar-refractivity contribution in [2.75, 3.05) is 23.7 Å². The normalized spacial score (nSPS) is 12.7. The van der Waals surface area contributed by atoms with Crippen LogP contribution >= 0.6 is 23.2 Å². The van der Waals surface area contributed by atoms with Crippen LogP contribution in [-0.2, 0) is 26.0 Å². The van der Waals surface area contributed by atoms with Crippen LogP contribution in [0.25, 0.3) is 0 Å². The molecule has 0 spiro atoms. The Bertz CT molecular complexity index is 1120. The Labute approximate surface area is 212 Å². The maximum absolute atomic E-state index is 13.4. The van der Waals surface area contributed by atoms with Gasteiger partial charge in [0.15, 0.2) is 0 Å². The largest absolute Gasteiger partial charge is 0.350 e. The third-order valence-electron chi connectivity index (χ3n) is 5.02. The topological polar surface area (TPSA) is 86.8 Å². The van der Waals surface area contributed by atoms with Gasteiger partial charge in [-0.2, -0.15) is 0 Å². The van der Waals surface area contributed by atoms with E-state index in [1.165, 1.54) is 23.1 Å². The molecule has 0 aromatic heterocycles. The number of nitrogens with one attached hydrogen (secondary N) is 1. The summed E-state index contributed by atoms with van der Waals surface area (Å²) in [6.45, 7) is 6.93. The van der Waals surface area contributed by atoms with E-state index in [1.54, 1.807) is 6.92 Å². The van der Waals surface area contributed by atoms with Crippen LogP contribution in [0.4, 0.5) is 5.69 Å². The molecule has 2 aromatic carbocycles. The van der Waals surface area contributed by atoms with Gasteiger partial charge in [0.1, 0.15) is 12.6 Å². The molecule has 0 unspecified atom stereocenters. The molecule has 2 rings (SSSR count). The van der Waals surface area contributed by atoms with Gasteiger partial charge in [0.25, 0.3) is 0 Å². The number of amides is 2. The zero-order valence-electron chi connectivity index (χ0n) is 20.0. The lowest BCUT2D eigenvalue weighted by molar-refractivity contribution is -0.139. The van der Waals surface area contributed by atoms with Crippen molar-refractivity contribution in [1.29, 1.82) is 0 Å². The lowest BCUT2D eigenvalue weighted by atomic mass is 10.1. The van der Waals surface area contributed by atoms with Crippen molar-refractivity contribution < 1.29 is 18.0 Å². The molecule has 0 saturated carbocycles. The smallest absolute Gasteiger partial charge is 0.244 e. The highest BCUT2D eigenvalue weighted by atomic mass is 35.5. The maximum atomic E-state index is 13.4. The van der Waals surface area contributed by atoms with Gasteiger partial charge in [-0.05, 0) is 57.9 Å². The van der Waals surface area contributed by atoms with Crippen LogP contribution in [0.1, 0.15) is 33.3 Å². The summed E-state index contributed by atoms with van der Waals surface area (Å²) in [4.78, 5) is 27.7. The van der Waals surface area contributed by atoms with Gasteiger partial charge in [-0.3, -0.25) is 13.9 Å². The highest BCUT2D eigenvalue weighted by Gasteiger charge is 2.31. The molecule has 2 aromatic rings. The SMILES string of the molecule is C[C@H](C(=O)NC(C)(C)C)N(CCc1ccccc1)C(=O)CN(c1ccc(Cl)c(Cl)c1)S(C)(=O)=O. The van der Waals surface area contributed by atoms with Gasteiger partial charge >= 0.3 is 0 Å². The average Bonchev–Trinajstić information content (AvgIpc) is 2.72. The minimum Gasteiger partial charge on any atom is -0.350 e. The third-order valence-corrected chi connectivity index (χ3v) is 6.90. The highest BCUT2D eigenvalue weighted by molar-refractivity contribution is 7.92. The summed E-state index contributed by atoms with van der Waals surface area (Å²) in [5, 5.41) is 3.32. The summed E-state index contributed by atoms with van der Waals surface area (Å²) in [6, 6.07) is 13.1. The van der Waals surface area contributed by atoms with Crippen LogP contribution in [0.15, 0.2) is 48.5 Å². The van der Waals surface area contributed by atoms with Gasteiger partial charge in [0.2, 0.25) is 21.8 Å². The number of benzene rings is 2. The number of hydrogen-bond acceptors (Lipinski definition) is 4. The second-order valence-corrected chi connectivity index (χ2v) is 11.8. The summed E-state index contributed by atoms with van der Waals surface area (Å²) in [5.41, 5.74) is 0.714. The number of sulfonamides is 1. The van der Waals surface area contributed by atoms with E-state index in [2.05, 4.69) is 5.32 Å². The monoisotopic (exact) mass is 527 g/mol. The summed E-state index contributed by atoms with van der Waals surface area (Å²) in [5.74, 6) is -0.835. The Balaban J connectivity index is 2.34. The Kier molecular flexibility index (Phi) is 9.39. The van der Waals surface area contributed by atoms with E-state index in [-0.39, 0.29) is 28.2 Å². The van der Waals surface area contributed by atoms with Crippen molar-refractivity contribution in [3.8, 4) is 0 Å². The quantitative estimate of drug-likeness (QED) is 0.530. The Morgan fingerprint density at radius 1 is 1.03 bits per heavy atom. The molecule has 0 aliphatic carbocycles. The molecule has 0 heterocycles. The fourth-order valence-corrected chi connectivity index (χ4v) is 4.43.